The summed E-state index contributed by atoms with van der Waals surface area (Å²) in [7, 11) is 1.36. The number of rotatable bonds is 4. The Morgan fingerprint density at radius 2 is 2.07 bits per heavy atom. The van der Waals surface area contributed by atoms with Crippen molar-refractivity contribution in [3.63, 3.8) is 0 Å². The minimum Gasteiger partial charge on any atom is -0.466 e. The van der Waals surface area contributed by atoms with Crippen LogP contribution < -0.4 is 0 Å². The average molecular weight is 208 g/mol. The molecule has 0 amide bonds. The number of methoxy groups -OCH3 is 1. The van der Waals surface area contributed by atoms with E-state index in [-0.39, 0.29) is 5.97 Å². The molecule has 0 radical (unpaired) electrons. The van der Waals surface area contributed by atoms with Crippen LogP contribution in [-0.2, 0) is 9.53 Å². The molecule has 1 rings (SSSR count). The summed E-state index contributed by atoms with van der Waals surface area (Å²) in [6.45, 7) is 3.65. The highest BCUT2D eigenvalue weighted by atomic mass is 32.2. The van der Waals surface area contributed by atoms with Gasteiger partial charge in [-0.3, -0.25) is 0 Å². The number of benzene rings is 1. The van der Waals surface area contributed by atoms with Crippen molar-refractivity contribution in [2.45, 2.75) is 4.90 Å². The predicted octanol–water partition coefficient (Wildman–Crippen LogP) is 2.51. The first-order chi connectivity index (χ1) is 6.74. The van der Waals surface area contributed by atoms with Crippen molar-refractivity contribution in [2.75, 3.05) is 12.9 Å². The predicted molar refractivity (Wildman–Crippen MR) is 58.3 cm³/mol. The molecule has 0 spiro atoms. The Kier molecular flexibility index (Phi) is 4.26. The van der Waals surface area contributed by atoms with Crippen LogP contribution in [-0.4, -0.2) is 18.8 Å². The van der Waals surface area contributed by atoms with Gasteiger partial charge in [0.25, 0.3) is 0 Å². The van der Waals surface area contributed by atoms with Crippen LogP contribution in [0.4, 0.5) is 0 Å². The lowest BCUT2D eigenvalue weighted by Gasteiger charge is -2.02. The molecule has 1 aromatic carbocycles. The van der Waals surface area contributed by atoms with Crippen molar-refractivity contribution < 1.29 is 9.53 Å². The Hall–Kier alpha value is -1.22. The highest BCUT2D eigenvalue weighted by Crippen LogP contribution is 2.19. The van der Waals surface area contributed by atoms with Gasteiger partial charge in [0, 0.05) is 16.2 Å². The molecule has 0 aliphatic carbocycles. The molecule has 0 unspecified atom stereocenters. The van der Waals surface area contributed by atoms with E-state index in [0.717, 1.165) is 4.90 Å². The molecule has 0 heterocycles. The van der Waals surface area contributed by atoms with Crippen molar-refractivity contribution in [3.05, 3.63) is 42.5 Å². The zero-order valence-corrected chi connectivity index (χ0v) is 8.84. The summed E-state index contributed by atoms with van der Waals surface area (Å²) in [5, 5.41) is 0. The molecule has 3 heteroatoms. The van der Waals surface area contributed by atoms with Crippen molar-refractivity contribution in [1.29, 1.82) is 0 Å². The van der Waals surface area contributed by atoms with E-state index in [4.69, 9.17) is 0 Å². The molecular formula is C11H12O2S. The smallest absolute Gasteiger partial charge is 0.333 e. The van der Waals surface area contributed by atoms with Gasteiger partial charge in [0.05, 0.1) is 7.11 Å². The van der Waals surface area contributed by atoms with Crippen LogP contribution in [0.15, 0.2) is 47.4 Å². The quantitative estimate of drug-likeness (QED) is 0.432. The molecular weight excluding hydrogens is 196 g/mol. The van der Waals surface area contributed by atoms with Crippen molar-refractivity contribution in [1.82, 2.24) is 0 Å². The molecule has 0 atom stereocenters. The normalized spacial score (nSPS) is 9.50. The van der Waals surface area contributed by atoms with Crippen LogP contribution in [0.5, 0.6) is 0 Å². The lowest BCUT2D eigenvalue weighted by Crippen LogP contribution is -2.05. The Bertz CT molecular complexity index is 319. The molecule has 0 saturated carbocycles. The van der Waals surface area contributed by atoms with E-state index in [1.54, 1.807) is 11.8 Å². The zero-order valence-electron chi connectivity index (χ0n) is 8.03. The Labute approximate surface area is 88.0 Å². The molecule has 0 bridgehead atoms. The molecule has 0 N–H and O–H groups in total. The van der Waals surface area contributed by atoms with Gasteiger partial charge in [0.2, 0.25) is 0 Å². The van der Waals surface area contributed by atoms with Gasteiger partial charge in [0.1, 0.15) is 0 Å². The van der Waals surface area contributed by atoms with E-state index in [0.29, 0.717) is 11.3 Å². The van der Waals surface area contributed by atoms with E-state index >= 15 is 0 Å². The first-order valence-electron chi connectivity index (χ1n) is 4.18. The minimum absolute atomic E-state index is 0.339. The van der Waals surface area contributed by atoms with Crippen molar-refractivity contribution in [2.24, 2.45) is 0 Å². The van der Waals surface area contributed by atoms with Crippen LogP contribution >= 0.6 is 11.8 Å². The molecule has 2 nitrogen and oxygen atoms in total. The fourth-order valence-corrected chi connectivity index (χ4v) is 1.70. The summed E-state index contributed by atoms with van der Waals surface area (Å²) in [5.74, 6) is 0.227. The van der Waals surface area contributed by atoms with E-state index in [9.17, 15) is 4.79 Å². The lowest BCUT2D eigenvalue weighted by molar-refractivity contribution is -0.135. The molecule has 14 heavy (non-hydrogen) atoms. The third-order valence-corrected chi connectivity index (χ3v) is 2.73. The molecule has 0 saturated heterocycles. The van der Waals surface area contributed by atoms with Crippen LogP contribution in [0.1, 0.15) is 0 Å². The maximum absolute atomic E-state index is 11.0. The lowest BCUT2D eigenvalue weighted by atomic mass is 10.4. The molecule has 1 aromatic rings. The second-order valence-corrected chi connectivity index (χ2v) is 3.75. The largest absolute Gasteiger partial charge is 0.466 e. The maximum atomic E-state index is 11.0. The van der Waals surface area contributed by atoms with Gasteiger partial charge in [-0.15, -0.1) is 11.8 Å². The van der Waals surface area contributed by atoms with Gasteiger partial charge in [-0.2, -0.15) is 0 Å². The maximum Gasteiger partial charge on any atom is 0.333 e. The third-order valence-electron chi connectivity index (χ3n) is 1.63. The van der Waals surface area contributed by atoms with E-state index < -0.39 is 0 Å². The first-order valence-corrected chi connectivity index (χ1v) is 5.16. The first kappa shape index (κ1) is 10.9. The average Bonchev–Trinajstić information content (AvgIpc) is 2.26. The summed E-state index contributed by atoms with van der Waals surface area (Å²) in [6, 6.07) is 9.87. The Balaban J connectivity index is 2.42. The standard InChI is InChI=1S/C11H12O2S/c1-9(11(12)13-2)8-14-10-6-4-3-5-7-10/h3-7H,1,8H2,2H3. The van der Waals surface area contributed by atoms with Gasteiger partial charge in [-0.25, -0.2) is 4.79 Å². The number of hydrogen-bond acceptors (Lipinski definition) is 3. The summed E-state index contributed by atoms with van der Waals surface area (Å²) in [4.78, 5) is 12.1. The number of thioether (sulfide) groups is 1. The fourth-order valence-electron chi connectivity index (χ4n) is 0.890. The fraction of sp³-hybridized carbons (Fsp3) is 0.182. The minimum atomic E-state index is -0.339. The van der Waals surface area contributed by atoms with Gasteiger partial charge >= 0.3 is 5.97 Å². The Morgan fingerprint density at radius 1 is 1.43 bits per heavy atom. The second-order valence-electron chi connectivity index (χ2n) is 2.70. The monoisotopic (exact) mass is 208 g/mol. The van der Waals surface area contributed by atoms with Crippen LogP contribution in [0, 0.1) is 0 Å². The van der Waals surface area contributed by atoms with Gasteiger partial charge in [-0.05, 0) is 12.1 Å². The SMILES string of the molecule is C=C(CSc1ccccc1)C(=O)OC. The molecule has 0 fully saturated rings. The van der Waals surface area contributed by atoms with Gasteiger partial charge in [0.15, 0.2) is 0 Å². The molecule has 0 aromatic heterocycles. The number of hydrogen-bond donors (Lipinski definition) is 0. The van der Waals surface area contributed by atoms with E-state index in [1.807, 2.05) is 30.3 Å². The van der Waals surface area contributed by atoms with Crippen LogP contribution in [0.3, 0.4) is 0 Å². The highest BCUT2D eigenvalue weighted by Gasteiger charge is 2.06. The second kappa shape index (κ2) is 5.50. The van der Waals surface area contributed by atoms with Crippen molar-refractivity contribution >= 4 is 17.7 Å². The number of carbonyl (C=O) groups is 1. The molecule has 74 valence electrons. The van der Waals surface area contributed by atoms with E-state index in [2.05, 4.69) is 11.3 Å². The summed E-state index contributed by atoms with van der Waals surface area (Å²) in [6.07, 6.45) is 0. The zero-order chi connectivity index (χ0) is 10.4. The summed E-state index contributed by atoms with van der Waals surface area (Å²) >= 11 is 1.57. The number of carbonyl (C=O) groups excluding carboxylic acids is 1. The van der Waals surface area contributed by atoms with Gasteiger partial charge in [-0.1, -0.05) is 24.8 Å². The summed E-state index contributed by atoms with van der Waals surface area (Å²) in [5.41, 5.74) is 0.487. The van der Waals surface area contributed by atoms with E-state index in [1.165, 1.54) is 7.11 Å². The van der Waals surface area contributed by atoms with Crippen LogP contribution in [0.25, 0.3) is 0 Å². The highest BCUT2D eigenvalue weighted by molar-refractivity contribution is 7.99. The number of ether oxygens (including phenoxy) is 1. The van der Waals surface area contributed by atoms with Gasteiger partial charge < -0.3 is 4.74 Å². The van der Waals surface area contributed by atoms with Crippen LogP contribution in [0.2, 0.25) is 0 Å². The van der Waals surface area contributed by atoms with Crippen molar-refractivity contribution in [3.8, 4) is 0 Å². The molecule has 0 aliphatic rings. The number of esters is 1. The topological polar surface area (TPSA) is 26.3 Å². The summed E-state index contributed by atoms with van der Waals surface area (Å²) < 4.78 is 4.55. The Morgan fingerprint density at radius 3 is 2.64 bits per heavy atom. The molecule has 0 aliphatic heterocycles. The third kappa shape index (κ3) is 3.26.